The Morgan fingerprint density at radius 3 is 2.49 bits per heavy atom. The van der Waals surface area contributed by atoms with Gasteiger partial charge in [-0.05, 0) is 55.0 Å². The van der Waals surface area contributed by atoms with Gasteiger partial charge in [-0.25, -0.2) is 0 Å². The molecule has 2 saturated carbocycles. The topological polar surface area (TPSA) is 90.8 Å². The molecule has 0 bridgehead atoms. The highest BCUT2D eigenvalue weighted by Gasteiger charge is 2.51. The maximum absolute atomic E-state index is 14.0. The minimum absolute atomic E-state index is 0.00194. The summed E-state index contributed by atoms with van der Waals surface area (Å²) in [6, 6.07) is 15.7. The minimum Gasteiger partial charge on any atom is -0.481 e. The third-order valence-electron chi connectivity index (χ3n) is 7.93. The number of aliphatic carboxylic acids is 1. The molecule has 1 N–H and O–H groups in total. The minimum atomic E-state index is -0.954. The van der Waals surface area contributed by atoms with Gasteiger partial charge in [0.05, 0.1) is 22.9 Å². The van der Waals surface area contributed by atoms with E-state index in [1.165, 1.54) is 0 Å². The van der Waals surface area contributed by atoms with Crippen molar-refractivity contribution in [3.63, 3.8) is 0 Å². The highest BCUT2D eigenvalue weighted by atomic mass is 32.1. The number of nitrogens with zero attached hydrogens (tertiary/aromatic N) is 3. The van der Waals surface area contributed by atoms with E-state index in [2.05, 4.69) is 4.98 Å². The number of anilines is 1. The average molecular weight is 516 g/mol. The van der Waals surface area contributed by atoms with E-state index in [9.17, 15) is 19.5 Å². The van der Waals surface area contributed by atoms with Crippen LogP contribution in [-0.4, -0.2) is 44.9 Å². The van der Waals surface area contributed by atoms with Crippen molar-refractivity contribution >= 4 is 34.8 Å². The van der Waals surface area contributed by atoms with Gasteiger partial charge >= 0.3 is 5.97 Å². The summed E-state index contributed by atoms with van der Waals surface area (Å²) < 4.78 is 0. The second-order valence-electron chi connectivity index (χ2n) is 10.2. The van der Waals surface area contributed by atoms with Gasteiger partial charge in [0.2, 0.25) is 5.91 Å². The SMILES string of the molecule is O=C(O)CCC(=O)N(C1CC1)[C@H]1c2ccccc2N(C(=O)c2ccc(-c3cncs3)cc2)[C@@H]2CCC[C@@H]21. The van der Waals surface area contributed by atoms with E-state index in [1.54, 1.807) is 16.8 Å². The van der Waals surface area contributed by atoms with Crippen molar-refractivity contribution in [1.29, 1.82) is 0 Å². The van der Waals surface area contributed by atoms with Crippen LogP contribution in [0.25, 0.3) is 10.4 Å². The molecule has 2 fully saturated rings. The number of carboxylic acid groups (broad SMARTS) is 1. The second-order valence-corrected chi connectivity index (χ2v) is 11.1. The quantitative estimate of drug-likeness (QED) is 0.446. The summed E-state index contributed by atoms with van der Waals surface area (Å²) in [5.74, 6) is -0.933. The number of benzene rings is 2. The van der Waals surface area contributed by atoms with Crippen LogP contribution in [0.3, 0.4) is 0 Å². The zero-order valence-corrected chi connectivity index (χ0v) is 21.3. The molecule has 2 aliphatic carbocycles. The van der Waals surface area contributed by atoms with E-state index in [1.807, 2.05) is 64.5 Å². The maximum Gasteiger partial charge on any atom is 0.303 e. The van der Waals surface area contributed by atoms with Gasteiger partial charge in [0, 0.05) is 41.9 Å². The summed E-state index contributed by atoms with van der Waals surface area (Å²) in [5.41, 5.74) is 5.34. The van der Waals surface area contributed by atoms with E-state index in [0.717, 1.165) is 53.8 Å². The molecule has 0 radical (unpaired) electrons. The van der Waals surface area contributed by atoms with Crippen molar-refractivity contribution < 1.29 is 19.5 Å². The number of carbonyl (C=O) groups excluding carboxylic acids is 2. The van der Waals surface area contributed by atoms with E-state index in [4.69, 9.17) is 0 Å². The van der Waals surface area contributed by atoms with Crippen molar-refractivity contribution in [2.24, 2.45) is 5.92 Å². The van der Waals surface area contributed by atoms with Crippen molar-refractivity contribution in [2.75, 3.05) is 4.90 Å². The lowest BCUT2D eigenvalue weighted by Gasteiger charge is -2.48. The first-order valence-corrected chi connectivity index (χ1v) is 13.9. The molecule has 0 spiro atoms. The van der Waals surface area contributed by atoms with Gasteiger partial charge in [-0.2, -0.15) is 0 Å². The summed E-state index contributed by atoms with van der Waals surface area (Å²) in [6.45, 7) is 0. The lowest BCUT2D eigenvalue weighted by Crippen LogP contribution is -2.52. The van der Waals surface area contributed by atoms with Gasteiger partial charge in [0.15, 0.2) is 0 Å². The summed E-state index contributed by atoms with van der Waals surface area (Å²) in [4.78, 5) is 47.7. The molecule has 0 unspecified atom stereocenters. The first-order valence-electron chi connectivity index (χ1n) is 13.0. The molecule has 2 aromatic carbocycles. The van der Waals surface area contributed by atoms with E-state index >= 15 is 0 Å². The van der Waals surface area contributed by atoms with Crippen LogP contribution in [0.1, 0.15) is 66.9 Å². The van der Waals surface area contributed by atoms with Gasteiger partial charge in [0.1, 0.15) is 0 Å². The average Bonchev–Trinajstić information content (AvgIpc) is 3.37. The van der Waals surface area contributed by atoms with E-state index < -0.39 is 5.97 Å². The predicted octanol–water partition coefficient (Wildman–Crippen LogP) is 5.54. The van der Waals surface area contributed by atoms with Crippen molar-refractivity contribution in [1.82, 2.24) is 9.88 Å². The Morgan fingerprint density at radius 1 is 1.00 bits per heavy atom. The smallest absolute Gasteiger partial charge is 0.303 e. The van der Waals surface area contributed by atoms with Crippen LogP contribution in [-0.2, 0) is 9.59 Å². The summed E-state index contributed by atoms with van der Waals surface area (Å²) in [7, 11) is 0. The fourth-order valence-corrected chi connectivity index (χ4v) is 6.83. The fourth-order valence-electron chi connectivity index (χ4n) is 6.20. The number of amides is 2. The molecule has 3 atom stereocenters. The highest BCUT2D eigenvalue weighted by molar-refractivity contribution is 7.13. The number of rotatable bonds is 7. The van der Waals surface area contributed by atoms with Gasteiger partial charge in [0.25, 0.3) is 5.91 Å². The Labute approximate surface area is 219 Å². The third kappa shape index (κ3) is 4.44. The van der Waals surface area contributed by atoms with Gasteiger partial charge in [-0.15, -0.1) is 11.3 Å². The Bertz CT molecular complexity index is 1320. The molecule has 0 saturated heterocycles. The number of hydrogen-bond donors (Lipinski definition) is 1. The standard InChI is InChI=1S/C29H29N3O4S/c33-26(14-15-27(34)35)31(20-12-13-20)28-21-4-1-2-6-23(21)32(24-7-3-5-22(24)28)29(36)19-10-8-18(9-11-19)25-16-30-17-37-25/h1-2,4,6,8-11,16-17,20,22,24,28H,3,5,7,12-15H2,(H,34,35)/t22-,24+,28-/m0/s1. The molecule has 2 heterocycles. The Balaban J connectivity index is 1.36. The lowest BCUT2D eigenvalue weighted by atomic mass is 9.81. The number of carboxylic acids is 1. The van der Waals surface area contributed by atoms with Crippen molar-refractivity contribution in [2.45, 2.75) is 63.1 Å². The van der Waals surface area contributed by atoms with Crippen LogP contribution in [0.2, 0.25) is 0 Å². The molecule has 3 aliphatic rings. The molecule has 1 aliphatic heterocycles. The van der Waals surface area contributed by atoms with Gasteiger partial charge < -0.3 is 14.9 Å². The first-order chi connectivity index (χ1) is 18.0. The van der Waals surface area contributed by atoms with Crippen LogP contribution >= 0.6 is 11.3 Å². The Morgan fingerprint density at radius 2 is 1.78 bits per heavy atom. The number of thiazole rings is 1. The fraction of sp³-hybridized carbons (Fsp3) is 0.379. The molecule has 37 heavy (non-hydrogen) atoms. The molecular formula is C29H29N3O4S. The highest BCUT2D eigenvalue weighted by Crippen LogP contribution is 2.53. The third-order valence-corrected chi connectivity index (χ3v) is 8.75. The molecule has 3 aromatic rings. The van der Waals surface area contributed by atoms with Crippen molar-refractivity contribution in [3.05, 3.63) is 71.4 Å². The second kappa shape index (κ2) is 9.74. The van der Waals surface area contributed by atoms with Crippen LogP contribution in [0, 0.1) is 5.92 Å². The molecule has 2 amide bonds. The molecular weight excluding hydrogens is 486 g/mol. The Kier molecular flexibility index (Phi) is 6.28. The normalized spacial score (nSPS) is 22.3. The lowest BCUT2D eigenvalue weighted by molar-refractivity contribution is -0.142. The largest absolute Gasteiger partial charge is 0.481 e. The first kappa shape index (κ1) is 23.9. The molecule has 7 nitrogen and oxygen atoms in total. The van der Waals surface area contributed by atoms with Crippen LogP contribution in [0.15, 0.2) is 60.2 Å². The van der Waals surface area contributed by atoms with Crippen molar-refractivity contribution in [3.8, 4) is 10.4 Å². The molecule has 190 valence electrons. The van der Waals surface area contributed by atoms with Crippen LogP contribution in [0.5, 0.6) is 0 Å². The Hall–Kier alpha value is -3.52. The number of aromatic nitrogens is 1. The molecule has 6 rings (SSSR count). The molecule has 1 aromatic heterocycles. The maximum atomic E-state index is 14.0. The summed E-state index contributed by atoms with van der Waals surface area (Å²) in [5, 5.41) is 9.17. The number of para-hydroxylation sites is 1. The summed E-state index contributed by atoms with van der Waals surface area (Å²) in [6.07, 6.45) is 6.40. The van der Waals surface area contributed by atoms with Crippen LogP contribution < -0.4 is 4.90 Å². The van der Waals surface area contributed by atoms with E-state index in [-0.39, 0.29) is 48.7 Å². The van der Waals surface area contributed by atoms with Gasteiger partial charge in [-0.1, -0.05) is 36.8 Å². The predicted molar refractivity (Wildman–Crippen MR) is 141 cm³/mol. The van der Waals surface area contributed by atoms with E-state index in [0.29, 0.717) is 5.56 Å². The monoisotopic (exact) mass is 515 g/mol. The zero-order chi connectivity index (χ0) is 25.5. The number of carbonyl (C=O) groups is 3. The van der Waals surface area contributed by atoms with Gasteiger partial charge in [-0.3, -0.25) is 19.4 Å². The number of fused-ring (bicyclic) bond motifs is 2. The summed E-state index contributed by atoms with van der Waals surface area (Å²) >= 11 is 1.57. The molecule has 8 heteroatoms. The zero-order valence-electron chi connectivity index (χ0n) is 20.5. The van der Waals surface area contributed by atoms with Crippen LogP contribution in [0.4, 0.5) is 5.69 Å². The number of hydrogen-bond acceptors (Lipinski definition) is 5.